The third-order valence-corrected chi connectivity index (χ3v) is 7.53. The molecule has 0 N–H and O–H groups in total. The zero-order valence-corrected chi connectivity index (χ0v) is 19.4. The molecule has 0 atom stereocenters. The van der Waals surface area contributed by atoms with Gasteiger partial charge in [0.1, 0.15) is 4.47 Å². The monoisotopic (exact) mass is 536 g/mol. The van der Waals surface area contributed by atoms with E-state index in [2.05, 4.69) is 21.1 Å². The van der Waals surface area contributed by atoms with Crippen molar-refractivity contribution in [1.82, 2.24) is 5.16 Å². The summed E-state index contributed by atoms with van der Waals surface area (Å²) in [7, 11) is -4.12. The number of sulfonamides is 1. The second kappa shape index (κ2) is 8.68. The van der Waals surface area contributed by atoms with Gasteiger partial charge in [-0.3, -0.25) is 0 Å². The number of anilines is 2. The van der Waals surface area contributed by atoms with Crippen LogP contribution in [0.3, 0.4) is 0 Å². The van der Waals surface area contributed by atoms with Gasteiger partial charge < -0.3 is 4.52 Å². The van der Waals surface area contributed by atoms with Crippen LogP contribution in [-0.2, 0) is 16.2 Å². The molecular formula is C23H16BrF3N2O3S. The second-order valence-corrected chi connectivity index (χ2v) is 9.67. The smallest absolute Gasteiger partial charge is 0.336 e. The largest absolute Gasteiger partial charge is 0.416 e. The lowest BCUT2D eigenvalue weighted by Gasteiger charge is -2.22. The molecule has 0 bridgehead atoms. The molecule has 0 unspecified atom stereocenters. The molecular weight excluding hydrogens is 521 g/mol. The lowest BCUT2D eigenvalue weighted by Crippen LogP contribution is -2.26. The normalized spacial score (nSPS) is 12.0. The fourth-order valence-electron chi connectivity index (χ4n) is 3.18. The Morgan fingerprint density at radius 2 is 1.42 bits per heavy atom. The molecule has 0 aliphatic rings. The highest BCUT2D eigenvalue weighted by Gasteiger charge is 2.32. The molecule has 4 rings (SSSR count). The van der Waals surface area contributed by atoms with Crippen LogP contribution in [0, 0.1) is 6.92 Å². The number of para-hydroxylation sites is 1. The van der Waals surface area contributed by atoms with Gasteiger partial charge >= 0.3 is 6.18 Å². The molecule has 0 fully saturated rings. The van der Waals surface area contributed by atoms with Gasteiger partial charge in [-0.25, -0.2) is 8.42 Å². The molecule has 170 valence electrons. The number of nitrogens with zero attached hydrogens (tertiary/aromatic N) is 2. The Bertz CT molecular complexity index is 1370. The first-order valence-electron chi connectivity index (χ1n) is 9.59. The number of aryl methyl sites for hydroxylation is 1. The standard InChI is InChI=1S/C23H16BrF3N2O3S/c1-15-21(24)22(32-28-15)29(19-5-3-2-4-6-19)33(30,31)20-13-9-17(10-14-20)16-7-11-18(12-8-16)23(25,26)27/h2-14H,1H3. The van der Waals surface area contributed by atoms with Crippen molar-refractivity contribution in [2.24, 2.45) is 0 Å². The summed E-state index contributed by atoms with van der Waals surface area (Å²) in [6, 6.07) is 18.9. The lowest BCUT2D eigenvalue weighted by atomic mass is 10.0. The van der Waals surface area contributed by atoms with E-state index in [1.54, 1.807) is 49.4 Å². The molecule has 0 radical (unpaired) electrons. The predicted molar refractivity (Wildman–Crippen MR) is 122 cm³/mol. The van der Waals surface area contributed by atoms with Crippen LogP contribution in [0.5, 0.6) is 0 Å². The predicted octanol–water partition coefficient (Wildman–Crippen LogP) is 6.96. The van der Waals surface area contributed by atoms with Crippen molar-refractivity contribution in [3.05, 3.63) is 94.6 Å². The van der Waals surface area contributed by atoms with Crippen LogP contribution >= 0.6 is 15.9 Å². The highest BCUT2D eigenvalue weighted by molar-refractivity contribution is 9.10. The van der Waals surface area contributed by atoms with Gasteiger partial charge in [0.05, 0.1) is 21.8 Å². The number of hydrogen-bond acceptors (Lipinski definition) is 4. The number of hydrogen-bond donors (Lipinski definition) is 0. The summed E-state index contributed by atoms with van der Waals surface area (Å²) in [4.78, 5) is -0.0250. The van der Waals surface area contributed by atoms with E-state index in [1.165, 1.54) is 24.3 Å². The summed E-state index contributed by atoms with van der Waals surface area (Å²) < 4.78 is 72.3. The van der Waals surface area contributed by atoms with Crippen molar-refractivity contribution in [3.8, 4) is 11.1 Å². The van der Waals surface area contributed by atoms with E-state index < -0.39 is 21.8 Å². The molecule has 10 heteroatoms. The molecule has 0 amide bonds. The average molecular weight is 537 g/mol. The molecule has 1 aromatic heterocycles. The zero-order chi connectivity index (χ0) is 23.8. The summed E-state index contributed by atoms with van der Waals surface area (Å²) in [6.07, 6.45) is -4.43. The topological polar surface area (TPSA) is 63.4 Å². The fraction of sp³-hybridized carbons (Fsp3) is 0.0870. The second-order valence-electron chi connectivity index (χ2n) is 7.09. The van der Waals surface area contributed by atoms with Gasteiger partial charge in [-0.1, -0.05) is 47.6 Å². The first-order valence-corrected chi connectivity index (χ1v) is 11.8. The summed E-state index contributed by atoms with van der Waals surface area (Å²) in [6.45, 7) is 1.67. The third-order valence-electron chi connectivity index (χ3n) is 4.89. The quantitative estimate of drug-likeness (QED) is 0.276. The van der Waals surface area contributed by atoms with Crippen molar-refractivity contribution in [1.29, 1.82) is 0 Å². The Labute approximate surface area is 196 Å². The third kappa shape index (κ3) is 4.53. The molecule has 5 nitrogen and oxygen atoms in total. The lowest BCUT2D eigenvalue weighted by molar-refractivity contribution is -0.137. The summed E-state index contributed by atoms with van der Waals surface area (Å²) >= 11 is 3.33. The van der Waals surface area contributed by atoms with Crippen molar-refractivity contribution in [3.63, 3.8) is 0 Å². The number of benzene rings is 3. The van der Waals surface area contributed by atoms with Gasteiger partial charge in [-0.2, -0.15) is 17.5 Å². The zero-order valence-electron chi connectivity index (χ0n) is 17.0. The van der Waals surface area contributed by atoms with E-state index in [4.69, 9.17) is 4.52 Å². The maximum atomic E-state index is 13.6. The molecule has 0 aliphatic carbocycles. The van der Waals surface area contributed by atoms with E-state index in [1.807, 2.05) is 0 Å². The van der Waals surface area contributed by atoms with E-state index >= 15 is 0 Å². The first kappa shape index (κ1) is 23.1. The molecule has 0 spiro atoms. The molecule has 0 saturated heterocycles. The van der Waals surface area contributed by atoms with Gasteiger partial charge in [-0.15, -0.1) is 0 Å². The van der Waals surface area contributed by atoms with Crippen LogP contribution in [0.15, 0.2) is 92.8 Å². The van der Waals surface area contributed by atoms with Gasteiger partial charge in [0.25, 0.3) is 15.9 Å². The van der Waals surface area contributed by atoms with E-state index in [0.29, 0.717) is 27.0 Å². The molecule has 0 saturated carbocycles. The molecule has 1 heterocycles. The summed E-state index contributed by atoms with van der Waals surface area (Å²) in [5.74, 6) is 0.00511. The Kier molecular flexibility index (Phi) is 6.06. The molecule has 4 aromatic rings. The van der Waals surface area contributed by atoms with E-state index in [9.17, 15) is 21.6 Å². The van der Waals surface area contributed by atoms with Crippen LogP contribution < -0.4 is 4.31 Å². The SMILES string of the molecule is Cc1noc(N(c2ccccc2)S(=O)(=O)c2ccc(-c3ccc(C(F)(F)F)cc3)cc2)c1Br. The number of halogens is 4. The van der Waals surface area contributed by atoms with Gasteiger partial charge in [0.15, 0.2) is 0 Å². The number of aromatic nitrogens is 1. The van der Waals surface area contributed by atoms with Crippen LogP contribution in [-0.4, -0.2) is 13.6 Å². The average Bonchev–Trinajstić information content (AvgIpc) is 3.12. The van der Waals surface area contributed by atoms with E-state index in [-0.39, 0.29) is 10.8 Å². The minimum absolute atomic E-state index is 0.00511. The maximum absolute atomic E-state index is 13.6. The first-order chi connectivity index (χ1) is 15.6. The minimum Gasteiger partial charge on any atom is -0.336 e. The van der Waals surface area contributed by atoms with Crippen LogP contribution in [0.1, 0.15) is 11.3 Å². The van der Waals surface area contributed by atoms with Gasteiger partial charge in [0.2, 0.25) is 0 Å². The van der Waals surface area contributed by atoms with E-state index in [0.717, 1.165) is 16.4 Å². The van der Waals surface area contributed by atoms with Crippen LogP contribution in [0.4, 0.5) is 24.7 Å². The number of rotatable bonds is 5. The summed E-state index contributed by atoms with van der Waals surface area (Å²) in [5, 5.41) is 3.84. The molecule has 3 aromatic carbocycles. The van der Waals surface area contributed by atoms with Crippen molar-refractivity contribution >= 4 is 37.5 Å². The highest BCUT2D eigenvalue weighted by atomic mass is 79.9. The van der Waals surface area contributed by atoms with Crippen LogP contribution in [0.2, 0.25) is 0 Å². The Hall–Kier alpha value is -3.11. The Morgan fingerprint density at radius 3 is 1.91 bits per heavy atom. The van der Waals surface area contributed by atoms with Crippen molar-refractivity contribution < 1.29 is 26.1 Å². The fourth-order valence-corrected chi connectivity index (χ4v) is 5.05. The maximum Gasteiger partial charge on any atom is 0.416 e. The van der Waals surface area contributed by atoms with Crippen molar-refractivity contribution in [2.45, 2.75) is 18.0 Å². The minimum atomic E-state index is -4.43. The molecule has 33 heavy (non-hydrogen) atoms. The van der Waals surface area contributed by atoms with Crippen LogP contribution in [0.25, 0.3) is 11.1 Å². The molecule has 0 aliphatic heterocycles. The van der Waals surface area contributed by atoms with Crippen molar-refractivity contribution in [2.75, 3.05) is 4.31 Å². The van der Waals surface area contributed by atoms with Gasteiger partial charge in [0, 0.05) is 0 Å². The Balaban J connectivity index is 1.73. The summed E-state index contributed by atoms with van der Waals surface area (Å²) in [5.41, 5.74) is 1.18. The van der Waals surface area contributed by atoms with Gasteiger partial charge in [-0.05, 0) is 70.4 Å². The Morgan fingerprint density at radius 1 is 0.879 bits per heavy atom. The highest BCUT2D eigenvalue weighted by Crippen LogP contribution is 2.39. The number of alkyl halides is 3.